The fraction of sp³-hybridized carbons (Fsp3) is 0.0833. The standard InChI is InChI=1S/C24H20N4O2/c29-22-17-25-28(21-14-8-7-13-20(21)22)16-15-23(30)26-27-24(18-9-3-1-4-10-18)19-11-5-2-6-12-19/h1-14,17H,15-16H2,(H,26,30). The molecule has 0 fully saturated rings. The Kier molecular flexibility index (Phi) is 5.75. The summed E-state index contributed by atoms with van der Waals surface area (Å²) in [4.78, 5) is 24.4. The number of amides is 1. The Morgan fingerprint density at radius 1 is 0.867 bits per heavy atom. The summed E-state index contributed by atoms with van der Waals surface area (Å²) < 4.78 is 1.66. The molecule has 6 nitrogen and oxygen atoms in total. The molecular weight excluding hydrogens is 376 g/mol. The third-order valence-electron chi connectivity index (χ3n) is 4.70. The number of para-hydroxylation sites is 1. The number of carbonyl (C=O) groups is 1. The molecule has 0 atom stereocenters. The van der Waals surface area contributed by atoms with E-state index in [1.807, 2.05) is 78.9 Å². The van der Waals surface area contributed by atoms with Crippen LogP contribution in [0.5, 0.6) is 0 Å². The van der Waals surface area contributed by atoms with Gasteiger partial charge in [0.15, 0.2) is 0 Å². The highest BCUT2D eigenvalue weighted by Crippen LogP contribution is 2.11. The summed E-state index contributed by atoms with van der Waals surface area (Å²) in [7, 11) is 0. The van der Waals surface area contributed by atoms with Crippen LogP contribution in [0.25, 0.3) is 10.9 Å². The summed E-state index contributed by atoms with van der Waals surface area (Å²) in [5.74, 6) is -0.232. The van der Waals surface area contributed by atoms with Crippen molar-refractivity contribution in [2.24, 2.45) is 5.10 Å². The second-order valence-electron chi connectivity index (χ2n) is 6.73. The molecule has 0 radical (unpaired) electrons. The first kappa shape index (κ1) is 19.3. The lowest BCUT2D eigenvalue weighted by Gasteiger charge is -2.10. The van der Waals surface area contributed by atoms with Crippen LogP contribution in [0.15, 0.2) is 101 Å². The van der Waals surface area contributed by atoms with Crippen LogP contribution in [0, 0.1) is 0 Å². The minimum atomic E-state index is -0.232. The van der Waals surface area contributed by atoms with Crippen molar-refractivity contribution in [3.63, 3.8) is 0 Å². The van der Waals surface area contributed by atoms with Crippen molar-refractivity contribution >= 4 is 22.5 Å². The smallest absolute Gasteiger partial charge is 0.241 e. The van der Waals surface area contributed by atoms with Crippen LogP contribution in [0.2, 0.25) is 0 Å². The predicted octanol–water partition coefficient (Wildman–Crippen LogP) is 3.36. The van der Waals surface area contributed by atoms with E-state index in [-0.39, 0.29) is 17.8 Å². The lowest BCUT2D eigenvalue weighted by molar-refractivity contribution is -0.121. The number of aromatic nitrogens is 2. The van der Waals surface area contributed by atoms with E-state index in [0.29, 0.717) is 23.2 Å². The van der Waals surface area contributed by atoms with E-state index in [2.05, 4.69) is 15.6 Å². The molecule has 1 amide bonds. The first-order valence-corrected chi connectivity index (χ1v) is 9.64. The highest BCUT2D eigenvalue weighted by Gasteiger charge is 2.09. The van der Waals surface area contributed by atoms with Gasteiger partial charge in [-0.25, -0.2) is 5.43 Å². The Morgan fingerprint density at radius 3 is 2.13 bits per heavy atom. The summed E-state index contributed by atoms with van der Waals surface area (Å²) in [5, 5.41) is 9.13. The molecular formula is C24H20N4O2. The molecule has 0 saturated heterocycles. The average Bonchev–Trinajstić information content (AvgIpc) is 2.80. The quantitative estimate of drug-likeness (QED) is 0.401. The van der Waals surface area contributed by atoms with E-state index in [4.69, 9.17) is 0 Å². The van der Waals surface area contributed by atoms with Crippen LogP contribution in [0.3, 0.4) is 0 Å². The topological polar surface area (TPSA) is 76.3 Å². The maximum atomic E-state index is 12.5. The van der Waals surface area contributed by atoms with Crippen LogP contribution < -0.4 is 10.9 Å². The molecule has 1 heterocycles. The molecule has 0 bridgehead atoms. The second kappa shape index (κ2) is 8.96. The molecule has 0 saturated carbocycles. The van der Waals surface area contributed by atoms with Gasteiger partial charge < -0.3 is 0 Å². The number of benzene rings is 3. The maximum absolute atomic E-state index is 12.5. The number of hydrazone groups is 1. The SMILES string of the molecule is O=C(CCn1ncc(=O)c2ccccc21)NN=C(c1ccccc1)c1ccccc1. The van der Waals surface area contributed by atoms with Crippen molar-refractivity contribution in [1.29, 1.82) is 0 Å². The number of carbonyl (C=O) groups excluding carboxylic acids is 1. The zero-order valence-corrected chi connectivity index (χ0v) is 16.2. The third kappa shape index (κ3) is 4.33. The summed E-state index contributed by atoms with van der Waals surface area (Å²) in [6.45, 7) is 0.341. The fourth-order valence-corrected chi connectivity index (χ4v) is 3.21. The predicted molar refractivity (Wildman–Crippen MR) is 117 cm³/mol. The molecule has 6 heteroatoms. The van der Waals surface area contributed by atoms with Crippen molar-refractivity contribution in [3.05, 3.63) is 112 Å². The van der Waals surface area contributed by atoms with Gasteiger partial charge in [0.25, 0.3) is 0 Å². The Balaban J connectivity index is 1.51. The monoisotopic (exact) mass is 396 g/mol. The number of rotatable bonds is 6. The molecule has 0 aliphatic heterocycles. The van der Waals surface area contributed by atoms with Crippen LogP contribution in [-0.4, -0.2) is 21.4 Å². The van der Waals surface area contributed by atoms with Gasteiger partial charge in [-0.15, -0.1) is 0 Å². The molecule has 0 spiro atoms. The largest absolute Gasteiger partial charge is 0.287 e. The zero-order valence-electron chi connectivity index (χ0n) is 16.2. The average molecular weight is 396 g/mol. The number of aryl methyl sites for hydroxylation is 1. The summed E-state index contributed by atoms with van der Waals surface area (Å²) >= 11 is 0. The molecule has 4 rings (SSSR count). The molecule has 0 aliphatic carbocycles. The normalized spacial score (nSPS) is 10.5. The van der Waals surface area contributed by atoms with Crippen molar-refractivity contribution in [2.45, 2.75) is 13.0 Å². The van der Waals surface area contributed by atoms with Crippen LogP contribution >= 0.6 is 0 Å². The highest BCUT2D eigenvalue weighted by atomic mass is 16.2. The number of fused-ring (bicyclic) bond motifs is 1. The first-order chi connectivity index (χ1) is 14.7. The lowest BCUT2D eigenvalue weighted by atomic mass is 10.0. The van der Waals surface area contributed by atoms with Crippen molar-refractivity contribution < 1.29 is 4.79 Å². The molecule has 1 N–H and O–H groups in total. The minimum absolute atomic E-state index is 0.133. The summed E-state index contributed by atoms with van der Waals surface area (Å²) in [6, 6.07) is 26.6. The second-order valence-corrected chi connectivity index (χ2v) is 6.73. The van der Waals surface area contributed by atoms with Crippen molar-refractivity contribution in [3.8, 4) is 0 Å². The maximum Gasteiger partial charge on any atom is 0.241 e. The van der Waals surface area contributed by atoms with Gasteiger partial charge >= 0.3 is 0 Å². The molecule has 1 aromatic heterocycles. The highest BCUT2D eigenvalue weighted by molar-refractivity contribution is 6.13. The van der Waals surface area contributed by atoms with E-state index in [1.165, 1.54) is 6.20 Å². The van der Waals surface area contributed by atoms with E-state index in [0.717, 1.165) is 11.1 Å². The van der Waals surface area contributed by atoms with Gasteiger partial charge in [-0.3, -0.25) is 14.3 Å². The molecule has 30 heavy (non-hydrogen) atoms. The van der Waals surface area contributed by atoms with Crippen molar-refractivity contribution in [2.75, 3.05) is 0 Å². The van der Waals surface area contributed by atoms with Gasteiger partial charge in [-0.2, -0.15) is 10.2 Å². The number of nitrogens with zero attached hydrogens (tertiary/aromatic N) is 3. The van der Waals surface area contributed by atoms with Crippen LogP contribution in [-0.2, 0) is 11.3 Å². The summed E-state index contributed by atoms with van der Waals surface area (Å²) in [5.41, 5.74) is 5.75. The number of hydrogen-bond donors (Lipinski definition) is 1. The Labute approximate surface area is 173 Å². The minimum Gasteiger partial charge on any atom is -0.287 e. The molecule has 3 aromatic carbocycles. The molecule has 0 unspecified atom stereocenters. The molecule has 4 aromatic rings. The van der Waals surface area contributed by atoms with E-state index < -0.39 is 0 Å². The zero-order chi connectivity index (χ0) is 20.8. The van der Waals surface area contributed by atoms with Crippen molar-refractivity contribution in [1.82, 2.24) is 15.2 Å². The van der Waals surface area contributed by atoms with Gasteiger partial charge in [-0.05, 0) is 12.1 Å². The number of hydrogen-bond acceptors (Lipinski definition) is 4. The van der Waals surface area contributed by atoms with E-state index in [1.54, 1.807) is 10.7 Å². The van der Waals surface area contributed by atoms with Gasteiger partial charge in [0, 0.05) is 22.9 Å². The first-order valence-electron chi connectivity index (χ1n) is 9.64. The van der Waals surface area contributed by atoms with E-state index >= 15 is 0 Å². The van der Waals surface area contributed by atoms with Crippen LogP contribution in [0.4, 0.5) is 0 Å². The van der Waals surface area contributed by atoms with Crippen LogP contribution in [0.1, 0.15) is 17.5 Å². The van der Waals surface area contributed by atoms with Gasteiger partial charge in [0.2, 0.25) is 11.3 Å². The van der Waals surface area contributed by atoms with Gasteiger partial charge in [0.05, 0.1) is 24.0 Å². The van der Waals surface area contributed by atoms with Gasteiger partial charge in [0.1, 0.15) is 0 Å². The molecule has 0 aliphatic rings. The van der Waals surface area contributed by atoms with E-state index in [9.17, 15) is 9.59 Å². The lowest BCUT2D eigenvalue weighted by Crippen LogP contribution is -2.23. The Hall–Kier alpha value is -4.06. The van der Waals surface area contributed by atoms with Gasteiger partial charge in [-0.1, -0.05) is 72.8 Å². The third-order valence-corrected chi connectivity index (χ3v) is 4.70. The Morgan fingerprint density at radius 2 is 1.47 bits per heavy atom. The summed E-state index contributed by atoms with van der Waals surface area (Å²) in [6.07, 6.45) is 1.46. The Bertz CT molecular complexity index is 1210. The number of nitrogens with one attached hydrogen (secondary N) is 1. The fourth-order valence-electron chi connectivity index (χ4n) is 3.21. The molecule has 148 valence electrons.